The van der Waals surface area contributed by atoms with E-state index in [4.69, 9.17) is 16.2 Å². The van der Waals surface area contributed by atoms with Crippen LogP contribution in [0.1, 0.15) is 23.6 Å². The molecule has 0 atom stereocenters. The molecule has 0 saturated heterocycles. The third-order valence-electron chi connectivity index (χ3n) is 4.02. The summed E-state index contributed by atoms with van der Waals surface area (Å²) in [6.45, 7) is 1.79. The molecule has 0 fully saturated rings. The number of aliphatic carboxylic acids is 1. The van der Waals surface area contributed by atoms with Crippen molar-refractivity contribution >= 4 is 27.4 Å². The molecule has 0 amide bonds. The van der Waals surface area contributed by atoms with Crippen LogP contribution in [0.15, 0.2) is 53.4 Å². The molecule has 0 heterocycles. The zero-order valence-electron chi connectivity index (χ0n) is 15.1. The summed E-state index contributed by atoms with van der Waals surface area (Å²) < 4.78 is 27.2. The van der Waals surface area contributed by atoms with Crippen LogP contribution in [0.25, 0.3) is 5.57 Å². The first-order valence-corrected chi connectivity index (χ1v) is 9.76. The third-order valence-corrected chi connectivity index (χ3v) is 5.51. The van der Waals surface area contributed by atoms with Gasteiger partial charge in [-0.15, -0.1) is 0 Å². The molecule has 2 rings (SSSR count). The fourth-order valence-corrected chi connectivity index (χ4v) is 3.66. The maximum Gasteiger partial charge on any atom is 0.328 e. The smallest absolute Gasteiger partial charge is 0.328 e. The van der Waals surface area contributed by atoms with Crippen LogP contribution in [0.2, 0.25) is 0 Å². The Morgan fingerprint density at radius 2 is 1.79 bits per heavy atom. The van der Waals surface area contributed by atoms with Gasteiger partial charge in [0.15, 0.2) is 0 Å². The Morgan fingerprint density at radius 3 is 2.36 bits per heavy atom. The van der Waals surface area contributed by atoms with Gasteiger partial charge < -0.3 is 15.9 Å². The van der Waals surface area contributed by atoms with E-state index in [9.17, 15) is 18.3 Å². The molecule has 0 aliphatic rings. The second kappa shape index (κ2) is 8.68. The fraction of sp³-hybridized carbons (Fsp3) is 0.158. The lowest BCUT2D eigenvalue weighted by Gasteiger charge is -2.10. The van der Waals surface area contributed by atoms with Crippen LogP contribution >= 0.6 is 0 Å². The van der Waals surface area contributed by atoms with E-state index in [2.05, 4.69) is 4.72 Å². The lowest BCUT2D eigenvalue weighted by atomic mass is 10.0. The summed E-state index contributed by atoms with van der Waals surface area (Å²) >= 11 is 0. The van der Waals surface area contributed by atoms with Crippen molar-refractivity contribution in [1.29, 1.82) is 5.41 Å². The molecule has 0 saturated carbocycles. The zero-order valence-corrected chi connectivity index (χ0v) is 16.0. The Morgan fingerprint density at radius 1 is 1.18 bits per heavy atom. The number of allylic oxidation sites excluding steroid dienone is 1. The molecule has 28 heavy (non-hydrogen) atoms. The van der Waals surface area contributed by atoms with Crippen LogP contribution in [0.3, 0.4) is 0 Å². The van der Waals surface area contributed by atoms with Gasteiger partial charge in [0.1, 0.15) is 16.5 Å². The molecule has 0 aliphatic carbocycles. The molecule has 0 bridgehead atoms. The van der Waals surface area contributed by atoms with Crippen molar-refractivity contribution in [2.75, 3.05) is 6.54 Å². The third kappa shape index (κ3) is 5.41. The maximum atomic E-state index is 12.4. The first kappa shape index (κ1) is 21.1. The van der Waals surface area contributed by atoms with E-state index >= 15 is 0 Å². The summed E-state index contributed by atoms with van der Waals surface area (Å²) in [6, 6.07) is 10.8. The quantitative estimate of drug-likeness (QED) is 0.257. The van der Waals surface area contributed by atoms with Crippen molar-refractivity contribution < 1.29 is 23.4 Å². The van der Waals surface area contributed by atoms with Crippen LogP contribution in [0, 0.1) is 5.41 Å². The number of nitrogen functional groups attached to an aromatic ring is 1. The highest BCUT2D eigenvalue weighted by molar-refractivity contribution is 7.89. The molecule has 2 aromatic rings. The number of benzene rings is 2. The maximum absolute atomic E-state index is 12.4. The Kier molecular flexibility index (Phi) is 6.55. The molecule has 0 aliphatic heterocycles. The highest BCUT2D eigenvalue weighted by atomic mass is 32.2. The fourth-order valence-electron chi connectivity index (χ4n) is 2.51. The minimum atomic E-state index is -3.98. The highest BCUT2D eigenvalue weighted by Gasteiger charge is 2.19. The average Bonchev–Trinajstić information content (AvgIpc) is 2.61. The number of nitrogens with two attached hydrogens (primary N) is 1. The minimum absolute atomic E-state index is 0.0926. The zero-order chi connectivity index (χ0) is 20.9. The number of amidine groups is 1. The number of hydrogen-bond donors (Lipinski definition) is 5. The molecule has 0 spiro atoms. The number of phenols is 1. The molecule has 0 radical (unpaired) electrons. The monoisotopic (exact) mass is 403 g/mol. The number of aromatic hydroxyl groups is 1. The average molecular weight is 403 g/mol. The van der Waals surface area contributed by atoms with Crippen molar-refractivity contribution in [2.45, 2.75) is 18.2 Å². The number of sulfonamides is 1. The van der Waals surface area contributed by atoms with Gasteiger partial charge in [0, 0.05) is 18.2 Å². The van der Waals surface area contributed by atoms with Gasteiger partial charge in [-0.05, 0) is 48.2 Å². The van der Waals surface area contributed by atoms with Gasteiger partial charge in [-0.2, -0.15) is 0 Å². The molecular weight excluding hydrogens is 382 g/mol. The normalized spacial score (nSPS) is 12.0. The second-order valence-electron chi connectivity index (χ2n) is 6.11. The van der Waals surface area contributed by atoms with Crippen LogP contribution in [-0.2, 0) is 21.2 Å². The molecule has 2 aromatic carbocycles. The predicted octanol–water partition coefficient (Wildman–Crippen LogP) is 1.69. The summed E-state index contributed by atoms with van der Waals surface area (Å²) in [5.41, 5.74) is 7.79. The van der Waals surface area contributed by atoms with Crippen molar-refractivity contribution in [3.05, 3.63) is 65.2 Å². The summed E-state index contributed by atoms with van der Waals surface area (Å²) in [5, 5.41) is 26.0. The predicted molar refractivity (Wildman–Crippen MR) is 106 cm³/mol. The molecule has 9 heteroatoms. The van der Waals surface area contributed by atoms with Crippen LogP contribution < -0.4 is 10.5 Å². The topological polar surface area (TPSA) is 154 Å². The minimum Gasteiger partial charge on any atom is -0.507 e. The van der Waals surface area contributed by atoms with Crippen LogP contribution in [0.4, 0.5) is 0 Å². The van der Waals surface area contributed by atoms with Gasteiger partial charge in [0.05, 0.1) is 0 Å². The van der Waals surface area contributed by atoms with Crippen LogP contribution in [-0.4, -0.2) is 37.0 Å². The Labute approximate surface area is 162 Å². The largest absolute Gasteiger partial charge is 0.507 e. The van der Waals surface area contributed by atoms with E-state index in [1.54, 1.807) is 31.2 Å². The number of nitrogens with one attached hydrogen (secondary N) is 2. The van der Waals surface area contributed by atoms with Gasteiger partial charge in [-0.25, -0.2) is 17.9 Å². The molecular formula is C19H21N3O5S. The van der Waals surface area contributed by atoms with Crippen molar-refractivity contribution in [3.8, 4) is 5.75 Å². The van der Waals surface area contributed by atoms with E-state index in [-0.39, 0.29) is 22.8 Å². The molecule has 0 unspecified atom stereocenters. The van der Waals surface area contributed by atoms with Gasteiger partial charge in [-0.1, -0.05) is 24.3 Å². The van der Waals surface area contributed by atoms with Gasteiger partial charge in [-0.3, -0.25) is 5.41 Å². The van der Waals surface area contributed by atoms with E-state index in [0.29, 0.717) is 12.0 Å². The summed E-state index contributed by atoms with van der Waals surface area (Å²) in [4.78, 5) is 10.4. The van der Waals surface area contributed by atoms with E-state index < -0.39 is 21.7 Å². The standard InChI is InChI=1S/C19H21N3O5S/c1-12(10-18(24)25)14-4-2-13(3-5-14)8-9-22-28(26,27)17-11-15(19(20)21)6-7-16(17)23/h2-7,10-11,22-23H,8-9H2,1H3,(H3,20,21)(H,24,25)/b12-10-. The number of rotatable bonds is 8. The SMILES string of the molecule is C/C(=C/C(=O)O)c1ccc(CCNS(=O)(=O)c2cc(C(=N)N)ccc2O)cc1. The highest BCUT2D eigenvalue weighted by Crippen LogP contribution is 2.23. The lowest BCUT2D eigenvalue weighted by molar-refractivity contribution is -0.131. The van der Waals surface area contributed by atoms with E-state index in [1.807, 2.05) is 0 Å². The van der Waals surface area contributed by atoms with Gasteiger partial charge in [0.25, 0.3) is 0 Å². The summed E-state index contributed by atoms with van der Waals surface area (Å²) in [5.74, 6) is -1.75. The Bertz CT molecular complexity index is 1030. The molecule has 148 valence electrons. The van der Waals surface area contributed by atoms with Crippen LogP contribution in [0.5, 0.6) is 5.75 Å². The summed E-state index contributed by atoms with van der Waals surface area (Å²) in [7, 11) is -3.98. The van der Waals surface area contributed by atoms with Gasteiger partial charge >= 0.3 is 5.97 Å². The first-order valence-electron chi connectivity index (χ1n) is 8.28. The van der Waals surface area contributed by atoms with Crippen molar-refractivity contribution in [1.82, 2.24) is 4.72 Å². The van der Waals surface area contributed by atoms with Crippen molar-refractivity contribution in [3.63, 3.8) is 0 Å². The number of phenolic OH excluding ortho intramolecular Hbond substituents is 1. The van der Waals surface area contributed by atoms with E-state index in [0.717, 1.165) is 23.3 Å². The van der Waals surface area contributed by atoms with Crippen molar-refractivity contribution in [2.24, 2.45) is 5.73 Å². The Balaban J connectivity index is 2.05. The van der Waals surface area contributed by atoms with Gasteiger partial charge in [0.2, 0.25) is 10.0 Å². The first-order chi connectivity index (χ1) is 13.1. The van der Waals surface area contributed by atoms with E-state index in [1.165, 1.54) is 12.1 Å². The lowest BCUT2D eigenvalue weighted by Crippen LogP contribution is -2.26. The number of carbonyl (C=O) groups is 1. The number of hydrogen-bond acceptors (Lipinski definition) is 5. The molecule has 8 nitrogen and oxygen atoms in total. The summed E-state index contributed by atoms with van der Waals surface area (Å²) in [6.07, 6.45) is 1.51. The number of carboxylic acids is 1. The second-order valence-corrected chi connectivity index (χ2v) is 7.84. The number of carboxylic acid groups (broad SMARTS) is 1. The molecule has 6 N–H and O–H groups in total. The Hall–Kier alpha value is -3.17. The molecule has 0 aromatic heterocycles.